The fourth-order valence-electron chi connectivity index (χ4n) is 2.95. The lowest BCUT2D eigenvalue weighted by atomic mass is 10.1. The number of fused-ring (bicyclic) bond motifs is 1. The molecular formula is C20H19N3O2S. The summed E-state index contributed by atoms with van der Waals surface area (Å²) in [5, 5.41) is 3.39. The first-order chi connectivity index (χ1) is 12.3. The molecule has 5 nitrogen and oxygen atoms in total. The minimum Gasteiger partial charge on any atom is -0.321 e. The third-order valence-electron chi connectivity index (χ3n) is 4.33. The summed E-state index contributed by atoms with van der Waals surface area (Å²) in [4.78, 5) is 31.0. The molecule has 3 aromatic rings. The summed E-state index contributed by atoms with van der Waals surface area (Å²) in [6, 6.07) is 5.84. The van der Waals surface area contributed by atoms with Crippen LogP contribution in [0.5, 0.6) is 0 Å². The van der Waals surface area contributed by atoms with E-state index in [9.17, 15) is 9.59 Å². The van der Waals surface area contributed by atoms with Crippen LogP contribution in [0.3, 0.4) is 0 Å². The lowest BCUT2D eigenvalue weighted by molar-refractivity contribution is 0.103. The minimum atomic E-state index is -0.238. The maximum absolute atomic E-state index is 12.8. The molecule has 0 radical (unpaired) electrons. The average molecular weight is 365 g/mol. The number of amides is 1. The van der Waals surface area contributed by atoms with Crippen molar-refractivity contribution in [3.63, 3.8) is 0 Å². The van der Waals surface area contributed by atoms with E-state index in [1.807, 2.05) is 32.0 Å². The Bertz CT molecular complexity index is 1130. The third kappa shape index (κ3) is 3.02. The van der Waals surface area contributed by atoms with Crippen molar-refractivity contribution < 1.29 is 4.79 Å². The molecule has 1 aromatic carbocycles. The summed E-state index contributed by atoms with van der Waals surface area (Å²) in [6.45, 7) is 7.62. The predicted molar refractivity (Wildman–Crippen MR) is 106 cm³/mol. The Hall–Kier alpha value is -2.91. The van der Waals surface area contributed by atoms with Crippen LogP contribution in [0, 0.1) is 40.0 Å². The molecule has 1 amide bonds. The van der Waals surface area contributed by atoms with Gasteiger partial charge in [-0.25, -0.2) is 4.98 Å². The Kier molecular flexibility index (Phi) is 4.66. The summed E-state index contributed by atoms with van der Waals surface area (Å²) < 4.78 is 1.45. The number of benzene rings is 1. The van der Waals surface area contributed by atoms with Crippen LogP contribution in [-0.2, 0) is 6.54 Å². The monoisotopic (exact) mass is 365 g/mol. The van der Waals surface area contributed by atoms with Gasteiger partial charge in [0.15, 0.2) is 0 Å². The molecule has 0 unspecified atom stereocenters. The van der Waals surface area contributed by atoms with E-state index in [2.05, 4.69) is 16.2 Å². The number of anilines is 1. The quantitative estimate of drug-likeness (QED) is 0.722. The number of nitrogens with one attached hydrogen (secondary N) is 1. The van der Waals surface area contributed by atoms with Crippen LogP contribution in [-0.4, -0.2) is 15.5 Å². The number of thiophene rings is 1. The molecule has 3 rings (SSSR count). The van der Waals surface area contributed by atoms with E-state index in [1.165, 1.54) is 15.9 Å². The molecule has 0 saturated heterocycles. The Labute approximate surface area is 155 Å². The van der Waals surface area contributed by atoms with E-state index in [0.717, 1.165) is 16.8 Å². The van der Waals surface area contributed by atoms with Crippen molar-refractivity contribution >= 4 is 33.1 Å². The molecule has 0 aliphatic rings. The van der Waals surface area contributed by atoms with Crippen LogP contribution >= 0.6 is 11.3 Å². The number of hydrogen-bond donors (Lipinski definition) is 1. The number of aromatic nitrogens is 2. The van der Waals surface area contributed by atoms with Crippen molar-refractivity contribution in [2.45, 2.75) is 34.2 Å². The highest BCUT2D eigenvalue weighted by Crippen LogP contribution is 2.28. The second kappa shape index (κ2) is 6.77. The van der Waals surface area contributed by atoms with E-state index in [1.54, 1.807) is 13.8 Å². The molecule has 0 spiro atoms. The summed E-state index contributed by atoms with van der Waals surface area (Å²) in [5.41, 5.74) is 3.31. The Balaban J connectivity index is 2.07. The van der Waals surface area contributed by atoms with Crippen LogP contribution in [0.2, 0.25) is 0 Å². The van der Waals surface area contributed by atoms with Gasteiger partial charge in [-0.2, -0.15) is 0 Å². The molecule has 0 aliphatic carbocycles. The molecule has 0 saturated carbocycles. The van der Waals surface area contributed by atoms with Gasteiger partial charge in [-0.05, 0) is 44.9 Å². The highest BCUT2D eigenvalue weighted by molar-refractivity contribution is 7.20. The maximum atomic E-state index is 12.8. The standard InChI is InChI=1S/C20H19N3O2S/c1-6-9-23-14(5)21-19-16(20(23)25)13(4)17(26-19)18(24)22-15-8-7-11(2)10-12(15)3/h1,7-8,10H,9H2,2-5H3,(H,22,24). The van der Waals surface area contributed by atoms with Gasteiger partial charge in [-0.3, -0.25) is 14.2 Å². The molecule has 2 aromatic heterocycles. The molecule has 26 heavy (non-hydrogen) atoms. The zero-order valence-corrected chi connectivity index (χ0v) is 16.0. The van der Waals surface area contributed by atoms with Gasteiger partial charge in [0.25, 0.3) is 11.5 Å². The largest absolute Gasteiger partial charge is 0.321 e. The van der Waals surface area contributed by atoms with E-state index in [-0.39, 0.29) is 18.0 Å². The number of nitrogens with zero attached hydrogens (tertiary/aromatic N) is 2. The summed E-state index contributed by atoms with van der Waals surface area (Å²) in [5.74, 6) is 2.78. The highest BCUT2D eigenvalue weighted by atomic mass is 32.1. The first-order valence-corrected chi connectivity index (χ1v) is 8.97. The molecule has 0 atom stereocenters. The molecule has 6 heteroatoms. The normalized spacial score (nSPS) is 10.7. The number of carbonyl (C=O) groups excluding carboxylic acids is 1. The Morgan fingerprint density at radius 1 is 1.31 bits per heavy atom. The zero-order valence-electron chi connectivity index (χ0n) is 15.1. The SMILES string of the molecule is C#CCn1c(C)nc2sc(C(=O)Nc3ccc(C)cc3C)c(C)c2c1=O. The van der Waals surface area contributed by atoms with Crippen LogP contribution < -0.4 is 10.9 Å². The van der Waals surface area contributed by atoms with Crippen LogP contribution in [0.4, 0.5) is 5.69 Å². The first kappa shape index (κ1) is 17.9. The lowest BCUT2D eigenvalue weighted by Crippen LogP contribution is -2.23. The van der Waals surface area contributed by atoms with Gasteiger partial charge in [0.1, 0.15) is 10.7 Å². The second-order valence-corrected chi connectivity index (χ2v) is 7.26. The van der Waals surface area contributed by atoms with Gasteiger partial charge in [0.2, 0.25) is 0 Å². The number of terminal acetylenes is 1. The molecule has 0 aliphatic heterocycles. The van der Waals surface area contributed by atoms with Gasteiger partial charge in [-0.1, -0.05) is 23.6 Å². The summed E-state index contributed by atoms with van der Waals surface area (Å²) in [6.07, 6.45) is 5.35. The van der Waals surface area contributed by atoms with Crippen molar-refractivity contribution in [2.24, 2.45) is 0 Å². The molecular weight excluding hydrogens is 346 g/mol. The average Bonchev–Trinajstić information content (AvgIpc) is 2.90. The van der Waals surface area contributed by atoms with Crippen LogP contribution in [0.15, 0.2) is 23.0 Å². The van der Waals surface area contributed by atoms with E-state index in [4.69, 9.17) is 6.42 Å². The Morgan fingerprint density at radius 2 is 2.04 bits per heavy atom. The van der Waals surface area contributed by atoms with Crippen molar-refractivity contribution in [3.05, 3.63) is 55.9 Å². The van der Waals surface area contributed by atoms with Gasteiger partial charge in [0.05, 0.1) is 16.8 Å². The highest BCUT2D eigenvalue weighted by Gasteiger charge is 2.21. The minimum absolute atomic E-state index is 0.160. The van der Waals surface area contributed by atoms with Crippen molar-refractivity contribution in [3.8, 4) is 12.3 Å². The first-order valence-electron chi connectivity index (χ1n) is 8.16. The fourth-order valence-corrected chi connectivity index (χ4v) is 4.06. The fraction of sp³-hybridized carbons (Fsp3) is 0.250. The van der Waals surface area contributed by atoms with E-state index >= 15 is 0 Å². The van der Waals surface area contributed by atoms with Crippen molar-refractivity contribution in [1.82, 2.24) is 9.55 Å². The van der Waals surface area contributed by atoms with Gasteiger partial charge < -0.3 is 5.32 Å². The molecule has 2 heterocycles. The zero-order chi connectivity index (χ0) is 19.0. The number of aryl methyl sites for hydroxylation is 4. The van der Waals surface area contributed by atoms with Gasteiger partial charge >= 0.3 is 0 Å². The number of carbonyl (C=O) groups is 1. The smallest absolute Gasteiger partial charge is 0.266 e. The second-order valence-electron chi connectivity index (χ2n) is 6.26. The maximum Gasteiger partial charge on any atom is 0.266 e. The third-order valence-corrected chi connectivity index (χ3v) is 5.51. The van der Waals surface area contributed by atoms with Crippen molar-refractivity contribution in [1.29, 1.82) is 0 Å². The Morgan fingerprint density at radius 3 is 2.69 bits per heavy atom. The molecule has 132 valence electrons. The van der Waals surface area contributed by atoms with E-state index < -0.39 is 0 Å². The van der Waals surface area contributed by atoms with Crippen LogP contribution in [0.1, 0.15) is 32.2 Å². The predicted octanol–water partition coefficient (Wildman–Crippen LogP) is 3.58. The van der Waals surface area contributed by atoms with Gasteiger partial charge in [-0.15, -0.1) is 17.8 Å². The number of hydrogen-bond acceptors (Lipinski definition) is 4. The van der Waals surface area contributed by atoms with Crippen LogP contribution in [0.25, 0.3) is 10.2 Å². The van der Waals surface area contributed by atoms with Gasteiger partial charge in [0, 0.05) is 5.69 Å². The molecule has 0 bridgehead atoms. The topological polar surface area (TPSA) is 64.0 Å². The molecule has 1 N–H and O–H groups in total. The summed E-state index contributed by atoms with van der Waals surface area (Å²) in [7, 11) is 0. The number of rotatable bonds is 3. The summed E-state index contributed by atoms with van der Waals surface area (Å²) >= 11 is 1.23. The van der Waals surface area contributed by atoms with Crippen molar-refractivity contribution in [2.75, 3.05) is 5.32 Å². The van der Waals surface area contributed by atoms with E-state index in [0.29, 0.717) is 26.5 Å². The lowest BCUT2D eigenvalue weighted by Gasteiger charge is -2.08. The molecule has 0 fully saturated rings.